The van der Waals surface area contributed by atoms with Gasteiger partial charge in [0.25, 0.3) is 0 Å². The maximum atomic E-state index is 12.2. The van der Waals surface area contributed by atoms with Crippen LogP contribution in [0.5, 0.6) is 0 Å². The zero-order valence-corrected chi connectivity index (χ0v) is 14.0. The van der Waals surface area contributed by atoms with Gasteiger partial charge in [-0.15, -0.1) is 0 Å². The van der Waals surface area contributed by atoms with E-state index in [0.717, 1.165) is 25.7 Å². The van der Waals surface area contributed by atoms with Crippen molar-refractivity contribution in [2.24, 2.45) is 11.7 Å². The predicted octanol–water partition coefficient (Wildman–Crippen LogP) is 0.0223. The molecule has 0 aliphatic heterocycles. The van der Waals surface area contributed by atoms with Crippen LogP contribution >= 0.6 is 7.37 Å². The van der Waals surface area contributed by atoms with Crippen LogP contribution in [0.15, 0.2) is 0 Å². The standard InChI is InChI=1S/C14H29N2O5P/c1-10(17)13(15)14(19)16-7-12(18)9-22(20,21)8-11-5-3-2-4-6-11/h10-13,17-18H,2-9,15H2,1H3,(H,16,19)(H,20,21)/t10-,12+,13?/m0/s1. The highest BCUT2D eigenvalue weighted by molar-refractivity contribution is 7.58. The Morgan fingerprint density at radius 1 is 1.32 bits per heavy atom. The summed E-state index contributed by atoms with van der Waals surface area (Å²) in [5, 5.41) is 21.4. The molecule has 0 aromatic rings. The molecular formula is C14H29N2O5P. The van der Waals surface area contributed by atoms with Crippen molar-refractivity contribution in [3.05, 3.63) is 0 Å². The minimum absolute atomic E-state index is 0.144. The first-order valence-electron chi connectivity index (χ1n) is 7.91. The number of rotatable bonds is 8. The molecule has 22 heavy (non-hydrogen) atoms. The lowest BCUT2D eigenvalue weighted by molar-refractivity contribution is -0.124. The van der Waals surface area contributed by atoms with Gasteiger partial charge in [0.15, 0.2) is 0 Å². The minimum Gasteiger partial charge on any atom is -0.391 e. The van der Waals surface area contributed by atoms with Gasteiger partial charge in [-0.05, 0) is 25.7 Å². The number of hydrogen-bond acceptors (Lipinski definition) is 5. The third-order valence-corrected chi connectivity index (χ3v) is 6.18. The number of carbonyl (C=O) groups is 1. The van der Waals surface area contributed by atoms with Gasteiger partial charge in [-0.1, -0.05) is 19.3 Å². The summed E-state index contributed by atoms with van der Waals surface area (Å²) >= 11 is 0. The first-order valence-corrected chi connectivity index (χ1v) is 9.94. The Kier molecular flexibility index (Phi) is 8.00. The first kappa shape index (κ1) is 19.6. The Morgan fingerprint density at radius 3 is 2.45 bits per heavy atom. The quantitative estimate of drug-likeness (QED) is 0.397. The van der Waals surface area contributed by atoms with Gasteiger partial charge in [0.05, 0.1) is 18.4 Å². The normalized spacial score (nSPS) is 23.3. The fourth-order valence-corrected chi connectivity index (χ4v) is 4.91. The molecule has 0 radical (unpaired) electrons. The molecule has 0 heterocycles. The minimum atomic E-state index is -3.40. The molecular weight excluding hydrogens is 307 g/mol. The van der Waals surface area contributed by atoms with Crippen molar-refractivity contribution in [3.8, 4) is 0 Å². The van der Waals surface area contributed by atoms with Gasteiger partial charge in [-0.2, -0.15) is 0 Å². The second-order valence-electron chi connectivity index (χ2n) is 6.38. The maximum Gasteiger partial charge on any atom is 0.239 e. The van der Waals surface area contributed by atoms with Gasteiger partial charge >= 0.3 is 0 Å². The Labute approximate surface area is 131 Å². The molecule has 1 fully saturated rings. The van der Waals surface area contributed by atoms with Crippen molar-refractivity contribution >= 4 is 13.3 Å². The fourth-order valence-electron chi connectivity index (χ4n) is 2.80. The van der Waals surface area contributed by atoms with E-state index in [1.54, 1.807) is 0 Å². The summed E-state index contributed by atoms with van der Waals surface area (Å²) in [6, 6.07) is -1.07. The van der Waals surface area contributed by atoms with Crippen molar-refractivity contribution in [2.45, 2.75) is 57.3 Å². The third kappa shape index (κ3) is 7.20. The summed E-state index contributed by atoms with van der Waals surface area (Å²) in [6.45, 7) is 1.25. The molecule has 0 aromatic carbocycles. The number of nitrogens with two attached hydrogens (primary N) is 1. The molecule has 1 rings (SSSR count). The van der Waals surface area contributed by atoms with Crippen LogP contribution in [0.1, 0.15) is 39.0 Å². The molecule has 6 N–H and O–H groups in total. The lowest BCUT2D eigenvalue weighted by atomic mass is 9.91. The van der Waals surface area contributed by atoms with Gasteiger partial charge in [-0.25, -0.2) is 0 Å². The van der Waals surface area contributed by atoms with Gasteiger partial charge in [-0.3, -0.25) is 9.36 Å². The molecule has 0 saturated heterocycles. The van der Waals surface area contributed by atoms with Crippen LogP contribution in [0.4, 0.5) is 0 Å². The van der Waals surface area contributed by atoms with Crippen LogP contribution in [0.2, 0.25) is 0 Å². The van der Waals surface area contributed by atoms with E-state index in [-0.39, 0.29) is 24.8 Å². The van der Waals surface area contributed by atoms with E-state index in [0.29, 0.717) is 0 Å². The summed E-state index contributed by atoms with van der Waals surface area (Å²) in [5.41, 5.74) is 5.45. The van der Waals surface area contributed by atoms with E-state index >= 15 is 0 Å². The largest absolute Gasteiger partial charge is 0.391 e. The van der Waals surface area contributed by atoms with E-state index in [4.69, 9.17) is 5.73 Å². The average molecular weight is 336 g/mol. The Hall–Kier alpha value is -0.460. The molecule has 1 aliphatic carbocycles. The molecule has 1 aliphatic rings. The molecule has 0 bridgehead atoms. The summed E-state index contributed by atoms with van der Waals surface area (Å²) in [5.74, 6) is -0.330. The summed E-state index contributed by atoms with van der Waals surface area (Å²) in [7, 11) is -3.40. The van der Waals surface area contributed by atoms with Crippen LogP contribution in [0.25, 0.3) is 0 Å². The van der Waals surface area contributed by atoms with Gasteiger partial charge in [0.2, 0.25) is 13.3 Å². The summed E-state index contributed by atoms with van der Waals surface area (Å²) in [6.07, 6.45) is 3.25. The van der Waals surface area contributed by atoms with Crippen molar-refractivity contribution in [2.75, 3.05) is 18.9 Å². The Balaban J connectivity index is 2.34. The Bertz CT molecular complexity index is 399. The molecule has 2 unspecified atom stereocenters. The van der Waals surface area contributed by atoms with E-state index in [2.05, 4.69) is 5.32 Å². The number of hydrogen-bond donors (Lipinski definition) is 5. The molecule has 1 saturated carbocycles. The van der Waals surface area contributed by atoms with E-state index in [1.165, 1.54) is 13.3 Å². The molecule has 4 atom stereocenters. The van der Waals surface area contributed by atoms with E-state index < -0.39 is 31.5 Å². The predicted molar refractivity (Wildman–Crippen MR) is 84.8 cm³/mol. The molecule has 0 spiro atoms. The summed E-state index contributed by atoms with van der Waals surface area (Å²) < 4.78 is 12.2. The number of aliphatic hydroxyl groups is 2. The highest BCUT2D eigenvalue weighted by atomic mass is 31.2. The smallest absolute Gasteiger partial charge is 0.239 e. The monoisotopic (exact) mass is 336 g/mol. The third-order valence-electron chi connectivity index (χ3n) is 4.10. The topological polar surface area (TPSA) is 133 Å². The zero-order chi connectivity index (χ0) is 16.8. The second-order valence-corrected chi connectivity index (χ2v) is 8.80. The summed E-state index contributed by atoms with van der Waals surface area (Å²) in [4.78, 5) is 21.6. The van der Waals surface area contributed by atoms with Crippen molar-refractivity contribution in [3.63, 3.8) is 0 Å². The van der Waals surface area contributed by atoms with Crippen LogP contribution in [-0.4, -0.2) is 58.1 Å². The van der Waals surface area contributed by atoms with Gasteiger partial charge in [0, 0.05) is 12.7 Å². The highest BCUT2D eigenvalue weighted by Crippen LogP contribution is 2.45. The SMILES string of the molecule is C[C@H](O)C(N)C(=O)NC[C@@H](O)CP(=O)(O)CC1CCCCC1. The van der Waals surface area contributed by atoms with E-state index in [9.17, 15) is 24.5 Å². The first-order chi connectivity index (χ1) is 10.2. The Morgan fingerprint density at radius 2 is 1.91 bits per heavy atom. The van der Waals surface area contributed by atoms with Gasteiger partial charge in [0.1, 0.15) is 6.04 Å². The van der Waals surface area contributed by atoms with Crippen LogP contribution < -0.4 is 11.1 Å². The molecule has 0 aromatic heterocycles. The maximum absolute atomic E-state index is 12.2. The van der Waals surface area contributed by atoms with Crippen LogP contribution in [-0.2, 0) is 9.36 Å². The lowest BCUT2D eigenvalue weighted by Crippen LogP contribution is -2.49. The van der Waals surface area contributed by atoms with Crippen LogP contribution in [0, 0.1) is 5.92 Å². The molecule has 8 heteroatoms. The van der Waals surface area contributed by atoms with Crippen LogP contribution in [0.3, 0.4) is 0 Å². The highest BCUT2D eigenvalue weighted by Gasteiger charge is 2.28. The van der Waals surface area contributed by atoms with Gasteiger partial charge < -0.3 is 26.2 Å². The van der Waals surface area contributed by atoms with Crippen molar-refractivity contribution in [1.82, 2.24) is 5.32 Å². The van der Waals surface area contributed by atoms with Crippen molar-refractivity contribution < 1.29 is 24.5 Å². The second kappa shape index (κ2) is 8.99. The number of nitrogens with one attached hydrogen (secondary N) is 1. The lowest BCUT2D eigenvalue weighted by Gasteiger charge is -2.25. The number of aliphatic hydroxyl groups excluding tert-OH is 2. The molecule has 1 amide bonds. The zero-order valence-electron chi connectivity index (χ0n) is 13.1. The molecule has 130 valence electrons. The van der Waals surface area contributed by atoms with E-state index in [1.807, 2.05) is 0 Å². The molecule has 7 nitrogen and oxygen atoms in total. The van der Waals surface area contributed by atoms with Crippen molar-refractivity contribution in [1.29, 1.82) is 0 Å². The fraction of sp³-hybridized carbons (Fsp3) is 0.929. The number of amides is 1. The average Bonchev–Trinajstić information content (AvgIpc) is 2.43. The number of carbonyl (C=O) groups excluding carboxylic acids is 1.